The van der Waals surface area contributed by atoms with Gasteiger partial charge in [0.1, 0.15) is 16.7 Å². The number of rotatable bonds is 3. The molecule has 1 atom stereocenters. The molecular formula is C13H15BrN4O2. The molecule has 0 saturated carbocycles. The molecule has 0 aliphatic heterocycles. The molecule has 0 spiro atoms. The van der Waals surface area contributed by atoms with E-state index in [1.807, 2.05) is 0 Å². The molecule has 0 aromatic carbocycles. The zero-order chi connectivity index (χ0) is 14.9. The molecule has 0 bridgehead atoms. The monoisotopic (exact) mass is 338 g/mol. The lowest BCUT2D eigenvalue weighted by Gasteiger charge is -2.26. The third-order valence-electron chi connectivity index (χ3n) is 3.05. The fraction of sp³-hybridized carbons (Fsp3) is 0.385. The quantitative estimate of drug-likeness (QED) is 0.888. The zero-order valence-electron chi connectivity index (χ0n) is 11.4. The number of pyridine rings is 1. The summed E-state index contributed by atoms with van der Waals surface area (Å²) in [5.74, 6) is -0.377. The number of halogens is 1. The van der Waals surface area contributed by atoms with E-state index < -0.39 is 11.6 Å². The number of hydrogen-bond donors (Lipinski definition) is 2. The normalized spacial score (nSPS) is 13.2. The SMILES string of the molecule is C[C@H](NC(=O)c1cnc2cncc(Br)c2n1)C(C)(C)O. The Kier molecular flexibility index (Phi) is 4.01. The second-order valence-corrected chi connectivity index (χ2v) is 5.95. The summed E-state index contributed by atoms with van der Waals surface area (Å²) in [6.07, 6.45) is 4.56. The summed E-state index contributed by atoms with van der Waals surface area (Å²) >= 11 is 3.33. The maximum atomic E-state index is 12.1. The zero-order valence-corrected chi connectivity index (χ0v) is 13.0. The molecule has 0 radical (unpaired) electrons. The second kappa shape index (κ2) is 5.41. The van der Waals surface area contributed by atoms with Gasteiger partial charge in [-0.15, -0.1) is 0 Å². The van der Waals surface area contributed by atoms with Crippen LogP contribution in [0.1, 0.15) is 31.3 Å². The lowest BCUT2D eigenvalue weighted by atomic mass is 10.0. The van der Waals surface area contributed by atoms with Gasteiger partial charge in [0.15, 0.2) is 0 Å². The first kappa shape index (κ1) is 14.8. The lowest BCUT2D eigenvalue weighted by Crippen LogP contribution is -2.47. The fourth-order valence-corrected chi connectivity index (χ4v) is 1.87. The maximum absolute atomic E-state index is 12.1. The third-order valence-corrected chi connectivity index (χ3v) is 3.63. The number of carbonyl (C=O) groups is 1. The molecule has 2 N–H and O–H groups in total. The van der Waals surface area contributed by atoms with Crippen LogP contribution in [0.4, 0.5) is 0 Å². The number of nitrogens with one attached hydrogen (secondary N) is 1. The van der Waals surface area contributed by atoms with E-state index in [9.17, 15) is 9.90 Å². The summed E-state index contributed by atoms with van der Waals surface area (Å²) in [6.45, 7) is 4.99. The molecule has 1 amide bonds. The molecule has 2 aromatic rings. The Labute approximate surface area is 124 Å². The molecule has 0 aliphatic carbocycles. The molecule has 20 heavy (non-hydrogen) atoms. The number of carbonyl (C=O) groups excluding carboxylic acids is 1. The van der Waals surface area contributed by atoms with E-state index in [4.69, 9.17) is 0 Å². The number of nitrogens with zero attached hydrogens (tertiary/aromatic N) is 3. The van der Waals surface area contributed by atoms with Crippen LogP contribution in [0.2, 0.25) is 0 Å². The minimum atomic E-state index is -1.01. The molecule has 6 nitrogen and oxygen atoms in total. The third kappa shape index (κ3) is 3.10. The van der Waals surface area contributed by atoms with E-state index in [1.165, 1.54) is 6.20 Å². The molecule has 0 aliphatic rings. The van der Waals surface area contributed by atoms with E-state index in [-0.39, 0.29) is 11.6 Å². The van der Waals surface area contributed by atoms with Crippen LogP contribution >= 0.6 is 15.9 Å². The summed E-state index contributed by atoms with van der Waals surface area (Å²) < 4.78 is 0.674. The van der Waals surface area contributed by atoms with Crippen molar-refractivity contribution in [1.29, 1.82) is 0 Å². The molecule has 2 aromatic heterocycles. The van der Waals surface area contributed by atoms with Crippen molar-refractivity contribution in [3.63, 3.8) is 0 Å². The van der Waals surface area contributed by atoms with Gasteiger partial charge in [-0.05, 0) is 36.7 Å². The fourth-order valence-electron chi connectivity index (χ4n) is 1.46. The summed E-state index contributed by atoms with van der Waals surface area (Å²) in [4.78, 5) is 24.5. The van der Waals surface area contributed by atoms with Crippen LogP contribution in [0.5, 0.6) is 0 Å². The van der Waals surface area contributed by atoms with Crippen LogP contribution < -0.4 is 5.32 Å². The van der Waals surface area contributed by atoms with Crippen molar-refractivity contribution < 1.29 is 9.90 Å². The van der Waals surface area contributed by atoms with Crippen molar-refractivity contribution in [3.8, 4) is 0 Å². The Bertz CT molecular complexity index is 654. The smallest absolute Gasteiger partial charge is 0.271 e. The molecule has 2 heterocycles. The van der Waals surface area contributed by atoms with Gasteiger partial charge >= 0.3 is 0 Å². The Morgan fingerprint density at radius 2 is 2.10 bits per heavy atom. The summed E-state index contributed by atoms with van der Waals surface area (Å²) in [7, 11) is 0. The average Bonchev–Trinajstić information content (AvgIpc) is 2.37. The first-order chi connectivity index (χ1) is 9.29. The second-order valence-electron chi connectivity index (χ2n) is 5.09. The molecule has 7 heteroatoms. The van der Waals surface area contributed by atoms with Gasteiger partial charge < -0.3 is 10.4 Å². The first-order valence-electron chi connectivity index (χ1n) is 6.08. The topological polar surface area (TPSA) is 88.0 Å². The van der Waals surface area contributed by atoms with Crippen LogP contribution in [0, 0.1) is 0 Å². The summed E-state index contributed by atoms with van der Waals surface area (Å²) in [6, 6.07) is -0.409. The maximum Gasteiger partial charge on any atom is 0.271 e. The van der Waals surface area contributed by atoms with Gasteiger partial charge in [-0.3, -0.25) is 14.8 Å². The van der Waals surface area contributed by atoms with E-state index >= 15 is 0 Å². The highest BCUT2D eigenvalue weighted by Crippen LogP contribution is 2.19. The van der Waals surface area contributed by atoms with Crippen molar-refractivity contribution >= 4 is 32.9 Å². The van der Waals surface area contributed by atoms with Crippen molar-refractivity contribution in [1.82, 2.24) is 20.3 Å². The van der Waals surface area contributed by atoms with Crippen LogP contribution in [0.25, 0.3) is 11.0 Å². The Morgan fingerprint density at radius 1 is 1.40 bits per heavy atom. The first-order valence-corrected chi connectivity index (χ1v) is 6.88. The molecular weight excluding hydrogens is 324 g/mol. The standard InChI is InChI=1S/C13H15BrN4O2/c1-7(13(2,3)20)17-12(19)10-6-16-9-5-15-4-8(14)11(9)18-10/h4-7,20H,1-3H3,(H,17,19)/t7-/m0/s1. The highest BCUT2D eigenvalue weighted by molar-refractivity contribution is 9.10. The van der Waals surface area contributed by atoms with Crippen LogP contribution in [-0.4, -0.2) is 37.6 Å². The number of amides is 1. The van der Waals surface area contributed by atoms with Gasteiger partial charge in [0.05, 0.1) is 28.5 Å². The molecule has 0 fully saturated rings. The van der Waals surface area contributed by atoms with Crippen molar-refractivity contribution in [2.75, 3.05) is 0 Å². The van der Waals surface area contributed by atoms with Crippen molar-refractivity contribution in [2.45, 2.75) is 32.4 Å². The summed E-state index contributed by atoms with van der Waals surface area (Å²) in [5, 5.41) is 12.5. The highest BCUT2D eigenvalue weighted by atomic mass is 79.9. The molecule has 0 saturated heterocycles. The van der Waals surface area contributed by atoms with E-state index in [0.717, 1.165) is 0 Å². The lowest BCUT2D eigenvalue weighted by molar-refractivity contribution is 0.0407. The predicted molar refractivity (Wildman–Crippen MR) is 78.3 cm³/mol. The van der Waals surface area contributed by atoms with Gasteiger partial charge in [-0.2, -0.15) is 0 Å². The highest BCUT2D eigenvalue weighted by Gasteiger charge is 2.24. The number of aliphatic hydroxyl groups is 1. The number of aromatic nitrogens is 3. The van der Waals surface area contributed by atoms with E-state index in [0.29, 0.717) is 15.5 Å². The Balaban J connectivity index is 2.29. The van der Waals surface area contributed by atoms with Crippen LogP contribution in [0.15, 0.2) is 23.1 Å². The molecule has 106 valence electrons. The predicted octanol–water partition coefficient (Wildman–Crippen LogP) is 1.68. The van der Waals surface area contributed by atoms with Gasteiger partial charge in [-0.1, -0.05) is 0 Å². The minimum Gasteiger partial charge on any atom is -0.388 e. The van der Waals surface area contributed by atoms with E-state index in [2.05, 4.69) is 36.2 Å². The number of fused-ring (bicyclic) bond motifs is 1. The average molecular weight is 339 g/mol. The Hall–Kier alpha value is -1.60. The van der Waals surface area contributed by atoms with Crippen molar-refractivity contribution in [3.05, 3.63) is 28.8 Å². The Morgan fingerprint density at radius 3 is 2.75 bits per heavy atom. The van der Waals surface area contributed by atoms with Crippen molar-refractivity contribution in [2.24, 2.45) is 0 Å². The summed E-state index contributed by atoms with van der Waals surface area (Å²) in [5.41, 5.74) is 0.361. The van der Waals surface area contributed by atoms with E-state index in [1.54, 1.807) is 33.2 Å². The van der Waals surface area contributed by atoms with Gasteiger partial charge in [0.2, 0.25) is 0 Å². The molecule has 2 rings (SSSR count). The minimum absolute atomic E-state index is 0.195. The van der Waals surface area contributed by atoms with Gasteiger partial charge in [0.25, 0.3) is 5.91 Å². The van der Waals surface area contributed by atoms with Crippen LogP contribution in [0.3, 0.4) is 0 Å². The number of hydrogen-bond acceptors (Lipinski definition) is 5. The largest absolute Gasteiger partial charge is 0.388 e. The molecule has 0 unspecified atom stereocenters. The van der Waals surface area contributed by atoms with Gasteiger partial charge in [-0.25, -0.2) is 4.98 Å². The van der Waals surface area contributed by atoms with Gasteiger partial charge in [0, 0.05) is 6.20 Å². The van der Waals surface area contributed by atoms with Crippen LogP contribution in [-0.2, 0) is 0 Å².